The number of aromatic nitrogens is 3. The number of carbonyl (C=O) groups is 3. The summed E-state index contributed by atoms with van der Waals surface area (Å²) in [5.41, 5.74) is 1.52. The van der Waals surface area contributed by atoms with Crippen molar-refractivity contribution in [3.63, 3.8) is 0 Å². The topological polar surface area (TPSA) is 121 Å². The van der Waals surface area contributed by atoms with Crippen LogP contribution in [-0.4, -0.2) is 72.8 Å². The third-order valence-electron chi connectivity index (χ3n) is 7.44. The van der Waals surface area contributed by atoms with Crippen molar-refractivity contribution in [2.45, 2.75) is 70.1 Å². The number of hydrogen-bond acceptors (Lipinski definition) is 6. The number of carbonyl (C=O) groups excluding carboxylic acids is 3. The van der Waals surface area contributed by atoms with Gasteiger partial charge in [-0.1, -0.05) is 31.2 Å². The van der Waals surface area contributed by atoms with Crippen LogP contribution in [0.4, 0.5) is 0 Å². The van der Waals surface area contributed by atoms with Crippen molar-refractivity contribution in [1.82, 2.24) is 30.1 Å². The van der Waals surface area contributed by atoms with E-state index in [0.29, 0.717) is 38.0 Å². The molecule has 0 aliphatic carbocycles. The van der Waals surface area contributed by atoms with E-state index >= 15 is 0 Å². The SMILES string of the molecule is CC(C)[C@@H]1NC(=O)[C@@H]2CCCN2C(=O)[C@H](Cc2ccc(O)cc2)n2cc(nn2)[C@@H]2CCCN2C1=O. The molecular formula is C25H32N6O4. The monoisotopic (exact) mass is 480 g/mol. The maximum Gasteiger partial charge on any atom is 0.248 e. The van der Waals surface area contributed by atoms with Gasteiger partial charge in [0, 0.05) is 19.5 Å². The summed E-state index contributed by atoms with van der Waals surface area (Å²) < 4.78 is 1.58. The second-order valence-corrected chi connectivity index (χ2v) is 10.1. The van der Waals surface area contributed by atoms with Crippen LogP contribution < -0.4 is 5.32 Å². The highest BCUT2D eigenvalue weighted by Gasteiger charge is 2.43. The first kappa shape index (κ1) is 23.3. The van der Waals surface area contributed by atoms with Gasteiger partial charge in [0.05, 0.1) is 12.2 Å². The number of hydrogen-bond donors (Lipinski definition) is 2. The van der Waals surface area contributed by atoms with Gasteiger partial charge in [0.25, 0.3) is 0 Å². The molecule has 3 aliphatic heterocycles. The van der Waals surface area contributed by atoms with Crippen molar-refractivity contribution in [3.05, 3.63) is 41.7 Å². The van der Waals surface area contributed by atoms with Gasteiger partial charge in [-0.05, 0) is 49.3 Å². The molecule has 2 bridgehead atoms. The summed E-state index contributed by atoms with van der Waals surface area (Å²) in [6, 6.07) is 4.52. The average molecular weight is 481 g/mol. The van der Waals surface area contributed by atoms with E-state index in [0.717, 1.165) is 18.4 Å². The van der Waals surface area contributed by atoms with Crippen molar-refractivity contribution in [1.29, 1.82) is 0 Å². The van der Waals surface area contributed by atoms with Gasteiger partial charge in [-0.15, -0.1) is 5.10 Å². The Hall–Kier alpha value is -3.43. The Morgan fingerprint density at radius 2 is 1.66 bits per heavy atom. The Morgan fingerprint density at radius 1 is 1.00 bits per heavy atom. The van der Waals surface area contributed by atoms with E-state index < -0.39 is 18.1 Å². The molecule has 2 fully saturated rings. The fourth-order valence-corrected chi connectivity index (χ4v) is 5.52. The first-order valence-corrected chi connectivity index (χ1v) is 12.4. The van der Waals surface area contributed by atoms with Crippen LogP contribution in [0.3, 0.4) is 0 Å². The van der Waals surface area contributed by atoms with Crippen molar-refractivity contribution in [2.75, 3.05) is 13.1 Å². The molecule has 35 heavy (non-hydrogen) atoms. The summed E-state index contributed by atoms with van der Waals surface area (Å²) in [5.74, 6) is -0.524. The minimum Gasteiger partial charge on any atom is -0.508 e. The Labute approximate surface area is 204 Å². The Balaban J connectivity index is 1.57. The van der Waals surface area contributed by atoms with E-state index in [1.807, 2.05) is 13.8 Å². The smallest absolute Gasteiger partial charge is 0.248 e. The molecule has 0 saturated carbocycles. The highest BCUT2D eigenvalue weighted by Crippen LogP contribution is 2.33. The standard InChI is InChI=1S/C25H32N6O4/c1-15(2)22-25(35)29-11-3-5-19(29)18-14-31(28-27-18)21(13-16-7-9-17(32)10-8-16)24(34)30-12-4-6-20(30)23(33)26-22/h7-10,14-15,19-22,32H,3-6,11-13H2,1-2H3,(H,26,33)/t19-,20-,21-,22-/m0/s1. The molecule has 2 saturated heterocycles. The molecule has 1 aromatic heterocycles. The zero-order valence-electron chi connectivity index (χ0n) is 20.1. The fraction of sp³-hybridized carbons (Fsp3) is 0.560. The molecule has 3 aliphatic rings. The molecule has 3 amide bonds. The van der Waals surface area contributed by atoms with E-state index in [-0.39, 0.29) is 35.4 Å². The highest BCUT2D eigenvalue weighted by molar-refractivity contribution is 5.93. The number of nitrogens with one attached hydrogen (secondary N) is 1. The Kier molecular flexibility index (Phi) is 6.21. The van der Waals surface area contributed by atoms with Crippen molar-refractivity contribution in [2.24, 2.45) is 5.92 Å². The highest BCUT2D eigenvalue weighted by atomic mass is 16.3. The first-order valence-electron chi connectivity index (χ1n) is 12.4. The number of aromatic hydroxyl groups is 1. The molecule has 1 aromatic carbocycles. The molecule has 0 spiro atoms. The number of nitrogens with zero attached hydrogens (tertiary/aromatic N) is 5. The normalized spacial score (nSPS) is 27.2. The van der Waals surface area contributed by atoms with Gasteiger partial charge in [-0.25, -0.2) is 4.68 Å². The molecule has 4 atom stereocenters. The molecule has 4 heterocycles. The number of rotatable bonds is 3. The van der Waals surface area contributed by atoms with Crippen molar-refractivity contribution < 1.29 is 19.5 Å². The van der Waals surface area contributed by atoms with Gasteiger partial charge < -0.3 is 20.2 Å². The van der Waals surface area contributed by atoms with E-state index in [1.165, 1.54) is 0 Å². The van der Waals surface area contributed by atoms with E-state index in [4.69, 9.17) is 0 Å². The molecule has 0 radical (unpaired) electrons. The molecule has 10 nitrogen and oxygen atoms in total. The number of benzene rings is 1. The van der Waals surface area contributed by atoms with Gasteiger partial charge in [0.1, 0.15) is 29.6 Å². The molecule has 0 unspecified atom stereocenters. The molecule has 5 rings (SSSR count). The number of fused-ring (bicyclic) bond motifs is 5. The minimum atomic E-state index is -0.693. The number of phenolic OH excluding ortho intramolecular Hbond substituents is 1. The van der Waals surface area contributed by atoms with Crippen LogP contribution in [0.1, 0.15) is 62.9 Å². The van der Waals surface area contributed by atoms with Gasteiger partial charge in [0.15, 0.2) is 0 Å². The summed E-state index contributed by atoms with van der Waals surface area (Å²) in [6.45, 7) is 4.92. The summed E-state index contributed by atoms with van der Waals surface area (Å²) in [4.78, 5) is 44.3. The van der Waals surface area contributed by atoms with Gasteiger partial charge in [-0.3, -0.25) is 14.4 Å². The second kappa shape index (κ2) is 9.31. The predicted molar refractivity (Wildman–Crippen MR) is 126 cm³/mol. The third kappa shape index (κ3) is 4.37. The van der Waals surface area contributed by atoms with Crippen molar-refractivity contribution in [3.8, 4) is 5.75 Å². The van der Waals surface area contributed by atoms with Gasteiger partial charge in [-0.2, -0.15) is 0 Å². The zero-order chi connectivity index (χ0) is 24.7. The van der Waals surface area contributed by atoms with E-state index in [2.05, 4.69) is 15.6 Å². The van der Waals surface area contributed by atoms with E-state index in [1.54, 1.807) is 44.9 Å². The molecule has 2 N–H and O–H groups in total. The van der Waals surface area contributed by atoms with Gasteiger partial charge >= 0.3 is 0 Å². The van der Waals surface area contributed by atoms with Crippen LogP contribution in [0.2, 0.25) is 0 Å². The molecule has 186 valence electrons. The Bertz CT molecular complexity index is 1110. The third-order valence-corrected chi connectivity index (χ3v) is 7.44. The second-order valence-electron chi connectivity index (χ2n) is 10.1. The molecular weight excluding hydrogens is 448 g/mol. The molecule has 10 heteroatoms. The average Bonchev–Trinajstić information content (AvgIpc) is 3.60. The Morgan fingerprint density at radius 3 is 2.34 bits per heavy atom. The largest absolute Gasteiger partial charge is 0.508 e. The molecule has 2 aromatic rings. The number of amides is 3. The zero-order valence-corrected chi connectivity index (χ0v) is 20.1. The van der Waals surface area contributed by atoms with Crippen molar-refractivity contribution >= 4 is 17.7 Å². The minimum absolute atomic E-state index is 0.0960. The van der Waals surface area contributed by atoms with Crippen LogP contribution in [-0.2, 0) is 20.8 Å². The van der Waals surface area contributed by atoms with Gasteiger partial charge in [0.2, 0.25) is 17.7 Å². The lowest BCUT2D eigenvalue weighted by atomic mass is 10.0. The quantitative estimate of drug-likeness (QED) is 0.688. The number of phenols is 1. The lowest BCUT2D eigenvalue weighted by Crippen LogP contribution is -2.56. The lowest BCUT2D eigenvalue weighted by Gasteiger charge is -2.32. The maximum absolute atomic E-state index is 13.9. The summed E-state index contributed by atoms with van der Waals surface area (Å²) >= 11 is 0. The van der Waals surface area contributed by atoms with Crippen LogP contribution in [0.5, 0.6) is 5.75 Å². The summed E-state index contributed by atoms with van der Waals surface area (Å²) in [5, 5.41) is 21.4. The van der Waals surface area contributed by atoms with Crippen LogP contribution >= 0.6 is 0 Å². The predicted octanol–water partition coefficient (Wildman–Crippen LogP) is 1.58. The summed E-state index contributed by atoms with van der Waals surface area (Å²) in [7, 11) is 0. The fourth-order valence-electron chi connectivity index (χ4n) is 5.52. The van der Waals surface area contributed by atoms with Crippen LogP contribution in [0.25, 0.3) is 0 Å². The lowest BCUT2D eigenvalue weighted by molar-refractivity contribution is -0.143. The van der Waals surface area contributed by atoms with Crippen LogP contribution in [0, 0.1) is 5.92 Å². The summed E-state index contributed by atoms with van der Waals surface area (Å²) in [6.07, 6.45) is 4.99. The van der Waals surface area contributed by atoms with E-state index in [9.17, 15) is 19.5 Å². The first-order chi connectivity index (χ1) is 16.8. The maximum atomic E-state index is 13.9. The van der Waals surface area contributed by atoms with Crippen LogP contribution in [0.15, 0.2) is 30.5 Å².